The number of thioether (sulfide) groups is 1. The Morgan fingerprint density at radius 1 is 1.56 bits per heavy atom. The first-order valence-corrected chi connectivity index (χ1v) is 6.92. The number of carboxylic acids is 1. The molecule has 2 aliphatic rings. The van der Waals surface area contributed by atoms with E-state index in [0.29, 0.717) is 13.2 Å². The van der Waals surface area contributed by atoms with Gasteiger partial charge in [0.25, 0.3) is 0 Å². The molecule has 2 heterocycles. The third-order valence-corrected chi connectivity index (χ3v) is 4.74. The van der Waals surface area contributed by atoms with Crippen LogP contribution in [0.5, 0.6) is 0 Å². The Morgan fingerprint density at radius 2 is 2.38 bits per heavy atom. The van der Waals surface area contributed by atoms with E-state index >= 15 is 0 Å². The summed E-state index contributed by atoms with van der Waals surface area (Å²) in [4.78, 5) is 13.2. The van der Waals surface area contributed by atoms with Crippen LogP contribution in [0.4, 0.5) is 0 Å². The first-order valence-electron chi connectivity index (χ1n) is 5.77. The highest BCUT2D eigenvalue weighted by Gasteiger charge is 2.37. The zero-order chi connectivity index (χ0) is 11.5. The molecule has 0 spiro atoms. The minimum atomic E-state index is -0.727. The molecule has 0 radical (unpaired) electrons. The summed E-state index contributed by atoms with van der Waals surface area (Å²) in [5.74, 6) is 2.12. The van der Waals surface area contributed by atoms with Crippen molar-refractivity contribution in [3.05, 3.63) is 0 Å². The largest absolute Gasteiger partial charge is 0.481 e. The zero-order valence-electron chi connectivity index (χ0n) is 9.59. The fraction of sp³-hybridized carbons (Fsp3) is 0.909. The number of hydrogen-bond acceptors (Lipinski definition) is 4. The lowest BCUT2D eigenvalue weighted by atomic mass is 10.0. The van der Waals surface area contributed by atoms with Crippen molar-refractivity contribution in [2.45, 2.75) is 12.5 Å². The van der Waals surface area contributed by atoms with Crippen LogP contribution in [0, 0.1) is 11.8 Å². The van der Waals surface area contributed by atoms with Crippen molar-refractivity contribution in [2.24, 2.45) is 11.8 Å². The summed E-state index contributed by atoms with van der Waals surface area (Å²) in [6.45, 7) is 1.93. The maximum Gasteiger partial charge on any atom is 0.310 e. The van der Waals surface area contributed by atoms with E-state index in [1.807, 2.05) is 18.8 Å². The number of nitrogens with zero attached hydrogens (tertiary/aromatic N) is 1. The molecule has 16 heavy (non-hydrogen) atoms. The summed E-state index contributed by atoms with van der Waals surface area (Å²) in [5.41, 5.74) is 0. The summed E-state index contributed by atoms with van der Waals surface area (Å²) >= 11 is 2.00. The van der Waals surface area contributed by atoms with Crippen LogP contribution in [0.25, 0.3) is 0 Å². The Bertz CT molecular complexity index is 256. The minimum absolute atomic E-state index is 0.0584. The molecule has 2 saturated heterocycles. The highest BCUT2D eigenvalue weighted by atomic mass is 32.2. The van der Waals surface area contributed by atoms with E-state index in [1.54, 1.807) is 0 Å². The van der Waals surface area contributed by atoms with Crippen molar-refractivity contribution in [2.75, 3.05) is 38.3 Å². The number of carboxylic acid groups (broad SMARTS) is 1. The van der Waals surface area contributed by atoms with Crippen molar-refractivity contribution >= 4 is 17.7 Å². The van der Waals surface area contributed by atoms with E-state index in [4.69, 9.17) is 9.84 Å². The fourth-order valence-electron chi connectivity index (χ4n) is 2.48. The van der Waals surface area contributed by atoms with Gasteiger partial charge in [-0.3, -0.25) is 9.69 Å². The van der Waals surface area contributed by atoms with Crippen LogP contribution < -0.4 is 0 Å². The van der Waals surface area contributed by atoms with E-state index in [0.717, 1.165) is 12.5 Å². The molecule has 0 bridgehead atoms. The monoisotopic (exact) mass is 245 g/mol. The Balaban J connectivity index is 1.87. The van der Waals surface area contributed by atoms with E-state index in [1.165, 1.54) is 17.9 Å². The number of aliphatic carboxylic acids is 1. The first kappa shape index (κ1) is 12.2. The molecular weight excluding hydrogens is 226 g/mol. The predicted octanol–water partition coefficient (Wildman–Crippen LogP) is 0.771. The maximum absolute atomic E-state index is 11.0. The van der Waals surface area contributed by atoms with Gasteiger partial charge >= 0.3 is 5.97 Å². The van der Waals surface area contributed by atoms with Gasteiger partial charge in [0, 0.05) is 12.6 Å². The van der Waals surface area contributed by atoms with Gasteiger partial charge in [-0.05, 0) is 30.9 Å². The molecule has 0 amide bonds. The average molecular weight is 245 g/mol. The Hall–Kier alpha value is -0.260. The quantitative estimate of drug-likeness (QED) is 0.793. The predicted molar refractivity (Wildman–Crippen MR) is 63.8 cm³/mol. The van der Waals surface area contributed by atoms with Gasteiger partial charge in [0.1, 0.15) is 0 Å². The lowest BCUT2D eigenvalue weighted by Gasteiger charge is -2.28. The molecule has 3 unspecified atom stereocenters. The van der Waals surface area contributed by atoms with Gasteiger partial charge in [0.05, 0.1) is 19.1 Å². The number of rotatable bonds is 4. The summed E-state index contributed by atoms with van der Waals surface area (Å²) in [6, 6.07) is 0.0584. The van der Waals surface area contributed by atoms with Crippen molar-refractivity contribution in [1.29, 1.82) is 0 Å². The topological polar surface area (TPSA) is 49.8 Å². The summed E-state index contributed by atoms with van der Waals surface area (Å²) in [6.07, 6.45) is 1.26. The molecule has 4 nitrogen and oxygen atoms in total. The fourth-order valence-corrected chi connectivity index (χ4v) is 3.76. The van der Waals surface area contributed by atoms with Crippen LogP contribution in [0.2, 0.25) is 0 Å². The van der Waals surface area contributed by atoms with Gasteiger partial charge < -0.3 is 9.84 Å². The second kappa shape index (κ2) is 5.38. The zero-order valence-corrected chi connectivity index (χ0v) is 10.4. The van der Waals surface area contributed by atoms with Gasteiger partial charge in [-0.1, -0.05) is 0 Å². The van der Waals surface area contributed by atoms with Gasteiger partial charge in [-0.25, -0.2) is 0 Å². The van der Waals surface area contributed by atoms with Gasteiger partial charge in [-0.2, -0.15) is 11.8 Å². The lowest BCUT2D eigenvalue weighted by molar-refractivity contribution is -0.143. The van der Waals surface area contributed by atoms with Gasteiger partial charge in [0.15, 0.2) is 0 Å². The summed E-state index contributed by atoms with van der Waals surface area (Å²) in [7, 11) is 2.03. The Kier molecular flexibility index (Phi) is 4.10. The van der Waals surface area contributed by atoms with Gasteiger partial charge in [0.2, 0.25) is 0 Å². The molecule has 0 aromatic rings. The molecular formula is C11H19NO3S. The number of likely N-dealkylation sites (N-methyl/N-ethyl adjacent to an activating group) is 1. The van der Waals surface area contributed by atoms with Crippen LogP contribution in [-0.4, -0.2) is 60.3 Å². The second-order valence-electron chi connectivity index (χ2n) is 4.72. The molecule has 1 N–H and O–H groups in total. The molecule has 0 aliphatic carbocycles. The van der Waals surface area contributed by atoms with Crippen LogP contribution in [0.3, 0.4) is 0 Å². The number of ether oxygens (including phenoxy) is 1. The Morgan fingerprint density at radius 3 is 3.00 bits per heavy atom. The van der Waals surface area contributed by atoms with Crippen LogP contribution in [-0.2, 0) is 9.53 Å². The van der Waals surface area contributed by atoms with Crippen LogP contribution in [0.15, 0.2) is 0 Å². The third kappa shape index (κ3) is 2.70. The van der Waals surface area contributed by atoms with Crippen molar-refractivity contribution in [3.63, 3.8) is 0 Å². The first-order chi connectivity index (χ1) is 7.68. The maximum atomic E-state index is 11.0. The van der Waals surface area contributed by atoms with Crippen LogP contribution in [0.1, 0.15) is 6.42 Å². The molecule has 2 aliphatic heterocycles. The van der Waals surface area contributed by atoms with E-state index < -0.39 is 5.97 Å². The second-order valence-corrected chi connectivity index (χ2v) is 5.87. The lowest BCUT2D eigenvalue weighted by Crippen LogP contribution is -2.43. The smallest absolute Gasteiger partial charge is 0.310 e. The van der Waals surface area contributed by atoms with Crippen molar-refractivity contribution in [1.82, 2.24) is 4.90 Å². The highest BCUT2D eigenvalue weighted by Crippen LogP contribution is 2.26. The van der Waals surface area contributed by atoms with E-state index in [2.05, 4.69) is 4.90 Å². The van der Waals surface area contributed by atoms with Crippen molar-refractivity contribution < 1.29 is 14.6 Å². The normalized spacial score (nSPS) is 34.8. The van der Waals surface area contributed by atoms with E-state index in [-0.39, 0.29) is 12.0 Å². The van der Waals surface area contributed by atoms with Crippen LogP contribution >= 0.6 is 11.8 Å². The molecule has 0 aromatic carbocycles. The SMILES string of the molecule is CN(CC1CCSC1)C1COCC1C(=O)O. The average Bonchev–Trinajstić information content (AvgIpc) is 2.86. The molecule has 3 atom stereocenters. The third-order valence-electron chi connectivity index (χ3n) is 3.50. The highest BCUT2D eigenvalue weighted by molar-refractivity contribution is 7.99. The molecule has 2 rings (SSSR count). The standard InChI is InChI=1S/C11H19NO3S/c1-12(4-8-2-3-16-7-8)10-6-15-5-9(10)11(13)14/h8-10H,2-7H2,1H3,(H,13,14). The Labute approximate surface area is 100 Å². The molecule has 0 saturated carbocycles. The molecule has 5 heteroatoms. The molecule has 0 aromatic heterocycles. The van der Waals surface area contributed by atoms with E-state index in [9.17, 15) is 4.79 Å². The molecule has 92 valence electrons. The summed E-state index contributed by atoms with van der Waals surface area (Å²) in [5, 5.41) is 9.08. The van der Waals surface area contributed by atoms with Gasteiger partial charge in [-0.15, -0.1) is 0 Å². The number of carbonyl (C=O) groups is 1. The number of hydrogen-bond donors (Lipinski definition) is 1. The molecule has 2 fully saturated rings. The van der Waals surface area contributed by atoms with Crippen molar-refractivity contribution in [3.8, 4) is 0 Å². The summed E-state index contributed by atoms with van der Waals surface area (Å²) < 4.78 is 5.29. The minimum Gasteiger partial charge on any atom is -0.481 e.